The molecule has 0 aliphatic carbocycles. The molecule has 1 atom stereocenters. The minimum atomic E-state index is -3.64. The van der Waals surface area contributed by atoms with Crippen LogP contribution in [-0.2, 0) is 14.8 Å². The molecule has 0 spiro atoms. The second-order valence-electron chi connectivity index (χ2n) is 4.13. The molecule has 1 aliphatic rings. The van der Waals surface area contributed by atoms with Crippen molar-refractivity contribution in [3.63, 3.8) is 0 Å². The highest BCUT2D eigenvalue weighted by Gasteiger charge is 2.38. The van der Waals surface area contributed by atoms with Gasteiger partial charge in [-0.15, -0.1) is 0 Å². The summed E-state index contributed by atoms with van der Waals surface area (Å²) < 4.78 is 26.7. The van der Waals surface area contributed by atoms with E-state index in [0.717, 1.165) is 4.47 Å². The van der Waals surface area contributed by atoms with Crippen LogP contribution in [0.25, 0.3) is 0 Å². The van der Waals surface area contributed by atoms with Crippen LogP contribution >= 0.6 is 15.9 Å². The number of carbonyl (C=O) groups is 1. The van der Waals surface area contributed by atoms with Gasteiger partial charge in [0, 0.05) is 11.0 Å². The van der Waals surface area contributed by atoms with Gasteiger partial charge in [0.05, 0.1) is 4.90 Å². The molecule has 1 saturated heterocycles. The lowest BCUT2D eigenvalue weighted by Crippen LogP contribution is -2.43. The van der Waals surface area contributed by atoms with Crippen LogP contribution in [0, 0.1) is 0 Å². The number of amides is 1. The van der Waals surface area contributed by atoms with Crippen molar-refractivity contribution in [2.24, 2.45) is 5.73 Å². The average Bonchev–Trinajstić information content (AvgIpc) is 2.79. The molecule has 1 amide bonds. The van der Waals surface area contributed by atoms with Crippen molar-refractivity contribution in [3.05, 3.63) is 28.7 Å². The number of nitrogens with two attached hydrogens (primary N) is 1. The third-order valence-electron chi connectivity index (χ3n) is 2.95. The first kappa shape index (κ1) is 13.5. The Morgan fingerprint density at radius 1 is 1.33 bits per heavy atom. The van der Waals surface area contributed by atoms with Crippen molar-refractivity contribution < 1.29 is 13.2 Å². The Hall–Kier alpha value is -0.920. The smallest absolute Gasteiger partial charge is 0.243 e. The third-order valence-corrected chi connectivity index (χ3v) is 5.40. The molecule has 1 aromatic carbocycles. The van der Waals surface area contributed by atoms with Crippen LogP contribution in [0.2, 0.25) is 0 Å². The average molecular weight is 333 g/mol. The Morgan fingerprint density at radius 3 is 2.50 bits per heavy atom. The van der Waals surface area contributed by atoms with Crippen LogP contribution in [0.4, 0.5) is 0 Å². The predicted octanol–water partition coefficient (Wildman–Crippen LogP) is 1.09. The first-order chi connectivity index (χ1) is 8.43. The van der Waals surface area contributed by atoms with Crippen molar-refractivity contribution in [3.8, 4) is 0 Å². The predicted molar refractivity (Wildman–Crippen MR) is 70.3 cm³/mol. The first-order valence-electron chi connectivity index (χ1n) is 5.49. The fourth-order valence-corrected chi connectivity index (χ4v) is 3.98. The van der Waals surface area contributed by atoms with Gasteiger partial charge >= 0.3 is 0 Å². The maximum atomic E-state index is 12.4. The Balaban J connectivity index is 2.36. The lowest BCUT2D eigenvalue weighted by Gasteiger charge is -2.21. The molecule has 0 bridgehead atoms. The highest BCUT2D eigenvalue weighted by molar-refractivity contribution is 9.10. The van der Waals surface area contributed by atoms with Gasteiger partial charge < -0.3 is 5.73 Å². The van der Waals surface area contributed by atoms with E-state index in [4.69, 9.17) is 5.73 Å². The highest BCUT2D eigenvalue weighted by atomic mass is 79.9. The molecular weight excluding hydrogens is 320 g/mol. The standard InChI is InChI=1S/C11H13BrN2O3S/c12-8-3-5-9(6-4-8)18(16,17)14-7-1-2-10(14)11(13)15/h3-6,10H,1-2,7H2,(H2,13,15)/t10-/m0/s1. The van der Waals surface area contributed by atoms with Gasteiger partial charge in [-0.25, -0.2) is 8.42 Å². The Morgan fingerprint density at radius 2 is 1.94 bits per heavy atom. The van der Waals surface area contributed by atoms with Gasteiger partial charge in [0.15, 0.2) is 0 Å². The van der Waals surface area contributed by atoms with Crippen LogP contribution in [0.1, 0.15) is 12.8 Å². The second-order valence-corrected chi connectivity index (χ2v) is 6.94. The van der Waals surface area contributed by atoms with Gasteiger partial charge in [-0.1, -0.05) is 15.9 Å². The summed E-state index contributed by atoms with van der Waals surface area (Å²) in [6.45, 7) is 0.339. The van der Waals surface area contributed by atoms with Gasteiger partial charge in [0.25, 0.3) is 0 Å². The SMILES string of the molecule is NC(=O)[C@@H]1CCCN1S(=O)(=O)c1ccc(Br)cc1. The molecule has 2 rings (SSSR count). The van der Waals surface area contributed by atoms with E-state index < -0.39 is 22.0 Å². The zero-order chi connectivity index (χ0) is 13.3. The number of primary amides is 1. The minimum absolute atomic E-state index is 0.179. The number of hydrogen-bond donors (Lipinski definition) is 1. The zero-order valence-electron chi connectivity index (χ0n) is 9.54. The van der Waals surface area contributed by atoms with E-state index in [0.29, 0.717) is 19.4 Å². The monoisotopic (exact) mass is 332 g/mol. The van der Waals surface area contributed by atoms with Crippen molar-refractivity contribution in [2.45, 2.75) is 23.8 Å². The molecule has 18 heavy (non-hydrogen) atoms. The summed E-state index contributed by atoms with van der Waals surface area (Å²) in [5, 5.41) is 0. The van der Waals surface area contributed by atoms with E-state index in [9.17, 15) is 13.2 Å². The van der Waals surface area contributed by atoms with Gasteiger partial charge in [-0.05, 0) is 37.1 Å². The highest BCUT2D eigenvalue weighted by Crippen LogP contribution is 2.26. The molecule has 1 fully saturated rings. The lowest BCUT2D eigenvalue weighted by molar-refractivity contribution is -0.121. The van der Waals surface area contributed by atoms with Gasteiger partial charge in [-0.2, -0.15) is 4.31 Å². The van der Waals surface area contributed by atoms with E-state index in [1.165, 1.54) is 16.4 Å². The summed E-state index contributed by atoms with van der Waals surface area (Å²) in [6, 6.07) is 5.61. The van der Waals surface area contributed by atoms with Crippen molar-refractivity contribution >= 4 is 31.9 Å². The fourth-order valence-electron chi connectivity index (χ4n) is 2.05. The molecule has 5 nitrogen and oxygen atoms in total. The number of carbonyl (C=O) groups excluding carboxylic acids is 1. The largest absolute Gasteiger partial charge is 0.368 e. The van der Waals surface area contributed by atoms with Gasteiger partial charge in [0.2, 0.25) is 15.9 Å². The Kier molecular flexibility index (Phi) is 3.74. The van der Waals surface area contributed by atoms with Crippen LogP contribution in [-0.4, -0.2) is 31.2 Å². The zero-order valence-corrected chi connectivity index (χ0v) is 11.9. The van der Waals surface area contributed by atoms with Crippen LogP contribution in [0.5, 0.6) is 0 Å². The number of nitrogens with zero attached hydrogens (tertiary/aromatic N) is 1. The van der Waals surface area contributed by atoms with Crippen LogP contribution < -0.4 is 5.73 Å². The normalized spacial score (nSPS) is 21.1. The van der Waals surface area contributed by atoms with E-state index in [1.54, 1.807) is 12.1 Å². The molecule has 1 aliphatic heterocycles. The molecule has 0 radical (unpaired) electrons. The molecule has 0 unspecified atom stereocenters. The fraction of sp³-hybridized carbons (Fsp3) is 0.364. The topological polar surface area (TPSA) is 80.5 Å². The van der Waals surface area contributed by atoms with E-state index >= 15 is 0 Å². The summed E-state index contributed by atoms with van der Waals surface area (Å²) in [7, 11) is -3.64. The van der Waals surface area contributed by atoms with Crippen molar-refractivity contribution in [1.82, 2.24) is 4.31 Å². The number of halogens is 1. The molecule has 1 aromatic rings. The molecular formula is C11H13BrN2O3S. The summed E-state index contributed by atoms with van der Waals surface area (Å²) >= 11 is 3.25. The maximum Gasteiger partial charge on any atom is 0.243 e. The summed E-state index contributed by atoms with van der Waals surface area (Å²) in [6.07, 6.45) is 1.15. The summed E-state index contributed by atoms with van der Waals surface area (Å²) in [4.78, 5) is 11.4. The van der Waals surface area contributed by atoms with Gasteiger partial charge in [-0.3, -0.25) is 4.79 Å². The second kappa shape index (κ2) is 4.99. The summed E-state index contributed by atoms with van der Waals surface area (Å²) in [5.41, 5.74) is 5.23. The molecule has 2 N–H and O–H groups in total. The molecule has 0 saturated carbocycles. The molecule has 98 valence electrons. The van der Waals surface area contributed by atoms with Crippen LogP contribution in [0.15, 0.2) is 33.6 Å². The Labute approximate surface area is 114 Å². The summed E-state index contributed by atoms with van der Waals surface area (Å²) in [5.74, 6) is -0.590. The number of sulfonamides is 1. The van der Waals surface area contributed by atoms with Crippen molar-refractivity contribution in [2.75, 3.05) is 6.54 Å². The quantitative estimate of drug-likeness (QED) is 0.899. The molecule has 0 aromatic heterocycles. The van der Waals surface area contributed by atoms with Crippen LogP contribution in [0.3, 0.4) is 0 Å². The number of benzene rings is 1. The minimum Gasteiger partial charge on any atom is -0.368 e. The van der Waals surface area contributed by atoms with Crippen molar-refractivity contribution in [1.29, 1.82) is 0 Å². The van der Waals surface area contributed by atoms with Gasteiger partial charge in [0.1, 0.15) is 6.04 Å². The number of rotatable bonds is 3. The number of hydrogen-bond acceptors (Lipinski definition) is 3. The Bertz CT molecular complexity index is 556. The lowest BCUT2D eigenvalue weighted by atomic mass is 10.2. The third kappa shape index (κ3) is 2.43. The molecule has 1 heterocycles. The van der Waals surface area contributed by atoms with E-state index in [2.05, 4.69) is 15.9 Å². The van der Waals surface area contributed by atoms with E-state index in [-0.39, 0.29) is 4.90 Å². The van der Waals surface area contributed by atoms with E-state index in [1.807, 2.05) is 0 Å². The maximum absolute atomic E-state index is 12.4. The first-order valence-corrected chi connectivity index (χ1v) is 7.73. The molecule has 7 heteroatoms.